The first kappa shape index (κ1) is 12.3. The Kier molecular flexibility index (Phi) is 3.99. The average molecular weight is 221 g/mol. The van der Waals surface area contributed by atoms with E-state index < -0.39 is 15.2 Å². The number of nitrogens with zero attached hydrogens (tertiary/aromatic N) is 1. The topological polar surface area (TPSA) is 118 Å². The summed E-state index contributed by atoms with van der Waals surface area (Å²) in [6.45, 7) is 0. The van der Waals surface area contributed by atoms with Gasteiger partial charge in [0.2, 0.25) is 0 Å². The zero-order valence-electron chi connectivity index (χ0n) is 6.78. The lowest BCUT2D eigenvalue weighted by Gasteiger charge is -1.98. The summed E-state index contributed by atoms with van der Waals surface area (Å²) in [6, 6.07) is 6.88. The fourth-order valence-electron chi connectivity index (χ4n) is 0.710. The van der Waals surface area contributed by atoms with Crippen molar-refractivity contribution in [3.05, 3.63) is 40.4 Å². The first-order valence-corrected chi connectivity index (χ1v) is 4.57. The van der Waals surface area contributed by atoms with Crippen LogP contribution in [0.3, 0.4) is 0 Å². The van der Waals surface area contributed by atoms with Gasteiger partial charge in [0, 0.05) is 0 Å². The Bertz CT molecular complexity index is 400. The second-order valence-electron chi connectivity index (χ2n) is 2.07. The second-order valence-corrected chi connectivity index (χ2v) is 3.59. The third-order valence-electron chi connectivity index (χ3n) is 1.19. The highest BCUT2D eigenvalue weighted by Gasteiger charge is 2.17. The fourth-order valence-corrected chi connectivity index (χ4v) is 1.45. The minimum atomic E-state index is -4.26. The molecule has 14 heavy (non-hydrogen) atoms. The fraction of sp³-hybridized carbons (Fsp3) is 0. The van der Waals surface area contributed by atoms with Crippen molar-refractivity contribution in [2.75, 3.05) is 0 Å². The van der Waals surface area contributed by atoms with Crippen LogP contribution in [0, 0.1) is 10.1 Å². The zero-order valence-corrected chi connectivity index (χ0v) is 7.60. The Hall–Kier alpha value is -1.67. The standard InChI is InChI=1S/C6H5NO5S.H2O/c8-7(9)12-13(10,11)6-4-2-1-3-5-6;/h1-5H;1H2. The van der Waals surface area contributed by atoms with Crippen molar-refractivity contribution in [2.24, 2.45) is 0 Å². The molecule has 2 N–H and O–H groups in total. The maximum atomic E-state index is 11.0. The van der Waals surface area contributed by atoms with Gasteiger partial charge in [-0.05, 0) is 12.1 Å². The minimum Gasteiger partial charge on any atom is -0.412 e. The molecule has 0 saturated heterocycles. The molecule has 0 bridgehead atoms. The Labute approximate surface area is 79.5 Å². The quantitative estimate of drug-likeness (QED) is 0.515. The van der Waals surface area contributed by atoms with Gasteiger partial charge >= 0.3 is 15.2 Å². The van der Waals surface area contributed by atoms with Crippen LogP contribution in [-0.4, -0.2) is 19.0 Å². The van der Waals surface area contributed by atoms with Gasteiger partial charge in [0.05, 0.1) is 4.90 Å². The van der Waals surface area contributed by atoms with Crippen LogP contribution in [0.15, 0.2) is 35.2 Å². The minimum absolute atomic E-state index is 0. The van der Waals surface area contributed by atoms with Gasteiger partial charge < -0.3 is 5.48 Å². The van der Waals surface area contributed by atoms with E-state index in [9.17, 15) is 18.5 Å². The smallest absolute Gasteiger partial charge is 0.334 e. The Balaban J connectivity index is 0.00000169. The van der Waals surface area contributed by atoms with Crippen LogP contribution in [-0.2, 0) is 14.4 Å². The summed E-state index contributed by atoms with van der Waals surface area (Å²) in [4.78, 5) is 9.55. The second kappa shape index (κ2) is 4.53. The van der Waals surface area contributed by atoms with E-state index in [4.69, 9.17) is 0 Å². The van der Waals surface area contributed by atoms with Crippen LogP contribution >= 0.6 is 0 Å². The molecule has 0 spiro atoms. The molecule has 0 aliphatic rings. The molecule has 0 saturated carbocycles. The highest BCUT2D eigenvalue weighted by atomic mass is 32.2. The third kappa shape index (κ3) is 2.99. The monoisotopic (exact) mass is 221 g/mol. The Morgan fingerprint density at radius 3 is 2.14 bits per heavy atom. The summed E-state index contributed by atoms with van der Waals surface area (Å²) in [5.41, 5.74) is 0. The summed E-state index contributed by atoms with van der Waals surface area (Å²) in [5.74, 6) is 0. The van der Waals surface area contributed by atoms with Gasteiger partial charge in [0.1, 0.15) is 0 Å². The molecule has 7 nitrogen and oxygen atoms in total. The molecular weight excluding hydrogens is 214 g/mol. The first-order valence-electron chi connectivity index (χ1n) is 3.16. The Morgan fingerprint density at radius 1 is 1.21 bits per heavy atom. The predicted octanol–water partition coefficient (Wildman–Crippen LogP) is -0.241. The van der Waals surface area contributed by atoms with E-state index in [-0.39, 0.29) is 10.4 Å². The highest BCUT2D eigenvalue weighted by molar-refractivity contribution is 7.86. The molecule has 0 amide bonds. The van der Waals surface area contributed by atoms with Crippen molar-refractivity contribution in [3.8, 4) is 0 Å². The van der Waals surface area contributed by atoms with Gasteiger partial charge in [-0.25, -0.2) is 0 Å². The van der Waals surface area contributed by atoms with E-state index in [2.05, 4.69) is 4.28 Å². The molecule has 0 fully saturated rings. The van der Waals surface area contributed by atoms with Crippen molar-refractivity contribution in [3.63, 3.8) is 0 Å². The maximum Gasteiger partial charge on any atom is 0.334 e. The number of benzene rings is 1. The van der Waals surface area contributed by atoms with E-state index in [1.54, 1.807) is 6.07 Å². The van der Waals surface area contributed by atoms with Gasteiger partial charge in [-0.3, -0.25) is 0 Å². The van der Waals surface area contributed by atoms with Crippen LogP contribution in [0.25, 0.3) is 0 Å². The lowest BCUT2D eigenvalue weighted by molar-refractivity contribution is -0.711. The molecule has 1 rings (SSSR count). The number of rotatable bonds is 3. The van der Waals surface area contributed by atoms with Crippen LogP contribution < -0.4 is 0 Å². The normalized spacial score (nSPS) is 10.0. The largest absolute Gasteiger partial charge is 0.412 e. The van der Waals surface area contributed by atoms with Crippen molar-refractivity contribution in [1.29, 1.82) is 0 Å². The van der Waals surface area contributed by atoms with Gasteiger partial charge in [-0.15, -0.1) is 10.1 Å². The van der Waals surface area contributed by atoms with Gasteiger partial charge in [0.15, 0.2) is 0 Å². The molecule has 1 aromatic rings. The number of hydrogen-bond donors (Lipinski definition) is 0. The molecule has 0 radical (unpaired) electrons. The molecule has 0 aromatic heterocycles. The molecule has 8 heteroatoms. The molecule has 0 aliphatic carbocycles. The van der Waals surface area contributed by atoms with E-state index >= 15 is 0 Å². The summed E-state index contributed by atoms with van der Waals surface area (Å²) in [5, 5.41) is 8.43. The third-order valence-corrected chi connectivity index (χ3v) is 2.36. The number of hydrogen-bond acceptors (Lipinski definition) is 5. The van der Waals surface area contributed by atoms with Gasteiger partial charge in [-0.2, -0.15) is 12.7 Å². The van der Waals surface area contributed by atoms with E-state index in [0.717, 1.165) is 0 Å². The first-order chi connectivity index (χ1) is 6.02. The van der Waals surface area contributed by atoms with Crippen LogP contribution in [0.5, 0.6) is 0 Å². The molecule has 0 unspecified atom stereocenters. The lowest BCUT2D eigenvalue weighted by atomic mass is 10.4. The van der Waals surface area contributed by atoms with Crippen LogP contribution in [0.1, 0.15) is 0 Å². The molecule has 0 aliphatic heterocycles. The van der Waals surface area contributed by atoms with Gasteiger partial charge in [0.25, 0.3) is 0 Å². The summed E-state index contributed by atoms with van der Waals surface area (Å²) in [7, 11) is -4.26. The molecule has 0 heterocycles. The summed E-state index contributed by atoms with van der Waals surface area (Å²) in [6.07, 6.45) is 0. The molecule has 1 aromatic carbocycles. The van der Waals surface area contributed by atoms with Crippen LogP contribution in [0.4, 0.5) is 0 Å². The molecular formula is C6H7NO6S. The SMILES string of the molecule is O.O=[N+]([O-])OS(=O)(=O)c1ccccc1. The van der Waals surface area contributed by atoms with Gasteiger partial charge in [-0.1, -0.05) is 18.2 Å². The average Bonchev–Trinajstić information content (AvgIpc) is 2.04. The van der Waals surface area contributed by atoms with Crippen molar-refractivity contribution >= 4 is 10.1 Å². The maximum absolute atomic E-state index is 11.0. The molecule has 0 atom stereocenters. The summed E-state index contributed by atoms with van der Waals surface area (Å²) < 4.78 is 25.5. The van der Waals surface area contributed by atoms with E-state index in [1.165, 1.54) is 24.3 Å². The van der Waals surface area contributed by atoms with Crippen molar-refractivity contribution in [2.45, 2.75) is 4.90 Å². The Morgan fingerprint density at radius 2 is 1.71 bits per heavy atom. The van der Waals surface area contributed by atoms with Crippen molar-refractivity contribution in [1.82, 2.24) is 0 Å². The predicted molar refractivity (Wildman–Crippen MR) is 45.3 cm³/mol. The zero-order chi connectivity index (χ0) is 9.90. The lowest BCUT2D eigenvalue weighted by Crippen LogP contribution is -2.11. The highest BCUT2D eigenvalue weighted by Crippen LogP contribution is 2.10. The molecule has 78 valence electrons. The van der Waals surface area contributed by atoms with E-state index in [0.29, 0.717) is 0 Å². The van der Waals surface area contributed by atoms with Crippen molar-refractivity contribution < 1.29 is 23.3 Å². The summed E-state index contributed by atoms with van der Waals surface area (Å²) >= 11 is 0. The van der Waals surface area contributed by atoms with E-state index in [1.807, 2.05) is 0 Å². The van der Waals surface area contributed by atoms with Crippen LogP contribution in [0.2, 0.25) is 0 Å².